The van der Waals surface area contributed by atoms with Gasteiger partial charge in [-0.25, -0.2) is 22.5 Å². The van der Waals surface area contributed by atoms with Gasteiger partial charge in [0, 0.05) is 37.7 Å². The maximum atomic E-state index is 13.3. The lowest BCUT2D eigenvalue weighted by Gasteiger charge is -2.52. The van der Waals surface area contributed by atoms with Crippen LogP contribution in [0.25, 0.3) is 0 Å². The van der Waals surface area contributed by atoms with E-state index >= 15 is 0 Å². The van der Waals surface area contributed by atoms with Crippen LogP contribution in [0.3, 0.4) is 0 Å². The van der Waals surface area contributed by atoms with E-state index in [1.807, 2.05) is 4.90 Å². The van der Waals surface area contributed by atoms with Crippen LogP contribution in [-0.4, -0.2) is 40.1 Å². The van der Waals surface area contributed by atoms with Crippen LogP contribution in [0.4, 0.5) is 40.8 Å². The van der Waals surface area contributed by atoms with Crippen LogP contribution in [0.2, 0.25) is 0 Å². The van der Waals surface area contributed by atoms with Crippen molar-refractivity contribution < 1.29 is 26.8 Å². The zero-order valence-corrected chi connectivity index (χ0v) is 17.8. The molecule has 3 heterocycles. The molecule has 178 valence electrons. The van der Waals surface area contributed by atoms with Crippen molar-refractivity contribution in [1.82, 2.24) is 15.2 Å². The molecule has 1 saturated heterocycles. The van der Waals surface area contributed by atoms with Crippen molar-refractivity contribution >= 4 is 29.1 Å². The molecule has 1 amide bonds. The maximum Gasteiger partial charge on any atom is 0.320 e. The van der Waals surface area contributed by atoms with E-state index in [4.69, 9.17) is 4.42 Å². The van der Waals surface area contributed by atoms with E-state index in [1.165, 1.54) is 12.3 Å². The predicted octanol–water partition coefficient (Wildman–Crippen LogP) is 4.75. The topological polar surface area (TPSA) is 96.2 Å². The number of carbonyl (C=O) groups excluding carboxylic acids is 1. The number of carbonyl (C=O) groups is 1. The molecule has 0 atom stereocenters. The summed E-state index contributed by atoms with van der Waals surface area (Å²) >= 11 is 0. The van der Waals surface area contributed by atoms with Crippen molar-refractivity contribution in [2.45, 2.75) is 31.6 Å². The van der Waals surface area contributed by atoms with Crippen molar-refractivity contribution in [3.63, 3.8) is 0 Å². The number of nitrogens with zero attached hydrogens (tertiary/aromatic N) is 4. The molecule has 1 spiro atoms. The lowest BCUT2D eigenvalue weighted by atomic mass is 9.61. The lowest BCUT2D eigenvalue weighted by molar-refractivity contribution is -0.168. The highest BCUT2D eigenvalue weighted by Crippen LogP contribution is 2.57. The van der Waals surface area contributed by atoms with Gasteiger partial charge in [0.05, 0.1) is 11.9 Å². The van der Waals surface area contributed by atoms with Crippen LogP contribution in [0.5, 0.6) is 0 Å². The van der Waals surface area contributed by atoms with E-state index in [0.29, 0.717) is 37.4 Å². The molecule has 34 heavy (non-hydrogen) atoms. The van der Waals surface area contributed by atoms with Crippen molar-refractivity contribution in [3.05, 3.63) is 54.1 Å². The number of halogens is 4. The Morgan fingerprint density at radius 3 is 2.38 bits per heavy atom. The Morgan fingerprint density at radius 2 is 1.74 bits per heavy atom. The van der Waals surface area contributed by atoms with Crippen LogP contribution in [0.1, 0.15) is 36.4 Å². The van der Waals surface area contributed by atoms with Gasteiger partial charge in [0.25, 0.3) is 0 Å². The quantitative estimate of drug-likeness (QED) is 0.513. The number of amides is 1. The molecule has 2 N–H and O–H groups in total. The van der Waals surface area contributed by atoms with Crippen molar-refractivity contribution in [3.8, 4) is 0 Å². The largest absolute Gasteiger partial charge is 0.399 e. The van der Waals surface area contributed by atoms with E-state index in [1.54, 1.807) is 12.1 Å². The fraction of sp³-hybridized carbons (Fsp3) is 0.364. The first kappa shape index (κ1) is 22.1. The maximum absolute atomic E-state index is 13.3. The Labute approximate surface area is 191 Å². The third-order valence-electron chi connectivity index (χ3n) is 6.21. The number of hydrogen-bond acceptors (Lipinski definition) is 7. The monoisotopic (exact) mass is 476 g/mol. The van der Waals surface area contributed by atoms with Gasteiger partial charge < -0.3 is 20.0 Å². The SMILES string of the molecule is O=C(Nc1ccc(N2CCC3(CC2)CC(F)(F)C3)nc1)c1nnc(Nc2ccc(F)c(F)c2)o1. The summed E-state index contributed by atoms with van der Waals surface area (Å²) in [5.41, 5.74) is 0.328. The minimum atomic E-state index is -2.52. The van der Waals surface area contributed by atoms with Crippen LogP contribution in [0.15, 0.2) is 40.9 Å². The zero-order chi connectivity index (χ0) is 23.9. The summed E-state index contributed by atoms with van der Waals surface area (Å²) in [6.07, 6.45) is 2.84. The third-order valence-corrected chi connectivity index (χ3v) is 6.21. The highest BCUT2D eigenvalue weighted by Gasteiger charge is 2.56. The van der Waals surface area contributed by atoms with Gasteiger partial charge in [0.15, 0.2) is 11.6 Å². The number of alkyl halides is 2. The number of piperidine rings is 1. The second kappa shape index (κ2) is 8.26. The summed E-state index contributed by atoms with van der Waals surface area (Å²) in [5.74, 6) is -4.88. The molecule has 0 unspecified atom stereocenters. The van der Waals surface area contributed by atoms with Crippen LogP contribution >= 0.6 is 0 Å². The lowest BCUT2D eigenvalue weighted by Crippen LogP contribution is -2.52. The van der Waals surface area contributed by atoms with E-state index in [0.717, 1.165) is 12.1 Å². The number of pyridine rings is 1. The van der Waals surface area contributed by atoms with Crippen molar-refractivity contribution in [2.75, 3.05) is 28.6 Å². The summed E-state index contributed by atoms with van der Waals surface area (Å²) in [4.78, 5) is 18.8. The number of aromatic nitrogens is 3. The Balaban J connectivity index is 1.15. The number of anilines is 4. The fourth-order valence-electron chi connectivity index (χ4n) is 4.50. The third kappa shape index (κ3) is 4.52. The number of nitrogens with one attached hydrogen (secondary N) is 2. The van der Waals surface area contributed by atoms with E-state index in [2.05, 4.69) is 25.8 Å². The Kier molecular flexibility index (Phi) is 5.37. The molecular weight excluding hydrogens is 456 g/mol. The molecule has 1 aliphatic heterocycles. The predicted molar refractivity (Wildman–Crippen MR) is 114 cm³/mol. The van der Waals surface area contributed by atoms with Crippen LogP contribution in [0, 0.1) is 17.0 Å². The normalized spacial score (nSPS) is 18.4. The van der Waals surface area contributed by atoms with Crippen molar-refractivity contribution in [2.24, 2.45) is 5.41 Å². The first-order valence-electron chi connectivity index (χ1n) is 10.7. The summed E-state index contributed by atoms with van der Waals surface area (Å²) in [7, 11) is 0. The molecule has 3 aromatic rings. The first-order chi connectivity index (χ1) is 16.2. The molecule has 8 nitrogen and oxygen atoms in total. The van der Waals surface area contributed by atoms with E-state index in [-0.39, 0.29) is 35.8 Å². The molecule has 0 radical (unpaired) electrons. The number of rotatable bonds is 5. The number of benzene rings is 1. The molecular formula is C22H20F4N6O2. The van der Waals surface area contributed by atoms with Crippen LogP contribution in [-0.2, 0) is 0 Å². The average molecular weight is 476 g/mol. The highest BCUT2D eigenvalue weighted by atomic mass is 19.3. The zero-order valence-electron chi connectivity index (χ0n) is 17.8. The van der Waals surface area contributed by atoms with Gasteiger partial charge in [0.2, 0.25) is 5.92 Å². The van der Waals surface area contributed by atoms with Gasteiger partial charge in [-0.15, -0.1) is 5.10 Å². The van der Waals surface area contributed by atoms with Gasteiger partial charge in [0.1, 0.15) is 5.82 Å². The standard InChI is InChI=1S/C22H20F4N6O2/c23-15-3-1-13(9-16(15)24)29-20-31-30-19(34-20)18(33)28-14-2-4-17(27-10-14)32-7-5-21(6-8-32)11-22(25,26)12-21/h1-4,9-10H,5-8,11-12H2,(H,28,33)(H,29,31). The molecule has 1 aliphatic carbocycles. The average Bonchev–Trinajstić information content (AvgIpc) is 3.25. The second-order valence-electron chi connectivity index (χ2n) is 8.72. The summed E-state index contributed by atoms with van der Waals surface area (Å²) in [6.45, 7) is 1.31. The van der Waals surface area contributed by atoms with E-state index in [9.17, 15) is 22.4 Å². The number of hydrogen-bond donors (Lipinski definition) is 2. The van der Waals surface area contributed by atoms with Gasteiger partial charge >= 0.3 is 17.8 Å². The molecule has 2 fully saturated rings. The van der Waals surface area contributed by atoms with Gasteiger partial charge in [-0.3, -0.25) is 4.79 Å². The Hall–Kier alpha value is -3.70. The van der Waals surface area contributed by atoms with Gasteiger partial charge in [-0.1, -0.05) is 5.10 Å². The molecule has 1 saturated carbocycles. The van der Waals surface area contributed by atoms with E-state index < -0.39 is 23.5 Å². The summed E-state index contributed by atoms with van der Waals surface area (Å²) < 4.78 is 58.1. The molecule has 12 heteroatoms. The molecule has 2 aromatic heterocycles. The Bertz CT molecular complexity index is 1200. The van der Waals surface area contributed by atoms with Crippen LogP contribution < -0.4 is 15.5 Å². The summed E-state index contributed by atoms with van der Waals surface area (Å²) in [6, 6.07) is 6.37. The Morgan fingerprint density at radius 1 is 1.00 bits per heavy atom. The molecule has 5 rings (SSSR count). The highest BCUT2D eigenvalue weighted by molar-refractivity contribution is 6.00. The molecule has 2 aliphatic rings. The smallest absolute Gasteiger partial charge is 0.320 e. The molecule has 0 bridgehead atoms. The summed E-state index contributed by atoms with van der Waals surface area (Å²) in [5, 5.41) is 12.5. The fourth-order valence-corrected chi connectivity index (χ4v) is 4.50. The van der Waals surface area contributed by atoms with Gasteiger partial charge in [-0.05, 0) is 42.5 Å². The first-order valence-corrected chi connectivity index (χ1v) is 10.7. The molecule has 1 aromatic carbocycles. The second-order valence-corrected chi connectivity index (χ2v) is 8.72. The minimum Gasteiger partial charge on any atom is -0.399 e. The van der Waals surface area contributed by atoms with Gasteiger partial charge in [-0.2, -0.15) is 0 Å². The van der Waals surface area contributed by atoms with Crippen molar-refractivity contribution in [1.29, 1.82) is 0 Å². The minimum absolute atomic E-state index is 0.0278.